The number of furan rings is 1. The number of rotatable bonds is 3. The number of carbonyl (C=O) groups excluding carboxylic acids is 1. The molecule has 0 aromatic carbocycles. The van der Waals surface area contributed by atoms with Crippen LogP contribution >= 0.6 is 11.6 Å². The van der Waals surface area contributed by atoms with Crippen LogP contribution in [0.5, 0.6) is 0 Å². The van der Waals surface area contributed by atoms with Crippen molar-refractivity contribution in [3.05, 3.63) is 23.1 Å². The number of amides is 1. The van der Waals surface area contributed by atoms with Crippen LogP contribution in [0.1, 0.15) is 23.9 Å². The molecule has 1 aromatic rings. The molecule has 6 heteroatoms. The average Bonchev–Trinajstić information content (AvgIpc) is 3.13. The third-order valence-electron chi connectivity index (χ3n) is 4.52. The maximum absolute atomic E-state index is 12.5. The number of ether oxygens (including phenoxy) is 1. The molecule has 2 atom stereocenters. The molecule has 2 fully saturated rings. The first-order chi connectivity index (χ1) is 10.2. The molecule has 0 spiro atoms. The van der Waals surface area contributed by atoms with Gasteiger partial charge in [-0.25, -0.2) is 0 Å². The summed E-state index contributed by atoms with van der Waals surface area (Å²) in [6.07, 6.45) is 1.07. The predicted molar refractivity (Wildman–Crippen MR) is 79.6 cm³/mol. The van der Waals surface area contributed by atoms with Gasteiger partial charge in [0.15, 0.2) is 11.0 Å². The lowest BCUT2D eigenvalue weighted by Crippen LogP contribution is -2.47. The fraction of sp³-hybridized carbons (Fsp3) is 0.667. The van der Waals surface area contributed by atoms with E-state index in [9.17, 15) is 4.79 Å². The molecule has 0 radical (unpaired) electrons. The zero-order chi connectivity index (χ0) is 14.8. The Bertz CT molecular complexity index is 499. The Morgan fingerprint density at radius 1 is 1.33 bits per heavy atom. The summed E-state index contributed by atoms with van der Waals surface area (Å²) < 4.78 is 10.7. The lowest BCUT2D eigenvalue weighted by molar-refractivity contribution is 0.0102. The molecule has 0 N–H and O–H groups in total. The summed E-state index contributed by atoms with van der Waals surface area (Å²) in [5.74, 6) is 0.783. The van der Waals surface area contributed by atoms with Crippen LogP contribution in [-0.4, -0.2) is 61.1 Å². The van der Waals surface area contributed by atoms with Gasteiger partial charge in [-0.15, -0.1) is 0 Å². The van der Waals surface area contributed by atoms with Crippen LogP contribution in [-0.2, 0) is 4.74 Å². The van der Waals surface area contributed by atoms with Crippen molar-refractivity contribution in [2.45, 2.75) is 19.4 Å². The number of morpholine rings is 1. The highest BCUT2D eigenvalue weighted by molar-refractivity contribution is 6.29. The Kier molecular flexibility index (Phi) is 4.52. The van der Waals surface area contributed by atoms with Gasteiger partial charge in [0.25, 0.3) is 5.91 Å². The van der Waals surface area contributed by atoms with E-state index < -0.39 is 0 Å². The molecule has 3 heterocycles. The molecule has 2 saturated heterocycles. The first-order valence-electron chi connectivity index (χ1n) is 7.55. The topological polar surface area (TPSA) is 45.9 Å². The Balaban J connectivity index is 1.69. The van der Waals surface area contributed by atoms with Gasteiger partial charge in [-0.2, -0.15) is 0 Å². The van der Waals surface area contributed by atoms with E-state index in [1.165, 1.54) is 0 Å². The second-order valence-electron chi connectivity index (χ2n) is 5.70. The van der Waals surface area contributed by atoms with Gasteiger partial charge in [-0.1, -0.05) is 13.3 Å². The van der Waals surface area contributed by atoms with Gasteiger partial charge in [0.05, 0.1) is 13.2 Å². The molecule has 21 heavy (non-hydrogen) atoms. The summed E-state index contributed by atoms with van der Waals surface area (Å²) in [6.45, 7) is 7.22. The van der Waals surface area contributed by atoms with Gasteiger partial charge < -0.3 is 14.1 Å². The van der Waals surface area contributed by atoms with Crippen molar-refractivity contribution in [3.8, 4) is 0 Å². The van der Waals surface area contributed by atoms with E-state index in [0.717, 1.165) is 45.8 Å². The molecule has 2 aliphatic heterocycles. The van der Waals surface area contributed by atoms with E-state index in [1.54, 1.807) is 12.1 Å². The molecule has 2 aliphatic rings. The third kappa shape index (κ3) is 3.10. The molecule has 0 bridgehead atoms. The van der Waals surface area contributed by atoms with E-state index in [4.69, 9.17) is 20.8 Å². The normalized spacial score (nSPS) is 27.2. The van der Waals surface area contributed by atoms with Crippen molar-refractivity contribution in [3.63, 3.8) is 0 Å². The lowest BCUT2D eigenvalue weighted by Gasteiger charge is -2.34. The summed E-state index contributed by atoms with van der Waals surface area (Å²) in [4.78, 5) is 16.8. The van der Waals surface area contributed by atoms with Gasteiger partial charge >= 0.3 is 0 Å². The van der Waals surface area contributed by atoms with E-state index in [1.807, 2.05) is 4.90 Å². The Labute approximate surface area is 129 Å². The molecule has 3 rings (SSSR count). The highest BCUT2D eigenvalue weighted by Gasteiger charge is 2.38. The number of nitrogens with zero attached hydrogens (tertiary/aromatic N) is 2. The largest absolute Gasteiger partial charge is 0.440 e. The SMILES string of the molecule is CC[C@@H]1CN(C(=O)c2ccc(Cl)o2)C[C@@H]1N1CCOCC1. The van der Waals surface area contributed by atoms with Gasteiger partial charge in [0, 0.05) is 32.2 Å². The van der Waals surface area contributed by atoms with Crippen molar-refractivity contribution >= 4 is 17.5 Å². The van der Waals surface area contributed by atoms with E-state index >= 15 is 0 Å². The minimum atomic E-state index is -0.0592. The van der Waals surface area contributed by atoms with Crippen molar-refractivity contribution in [2.75, 3.05) is 39.4 Å². The van der Waals surface area contributed by atoms with Crippen molar-refractivity contribution in [2.24, 2.45) is 5.92 Å². The van der Waals surface area contributed by atoms with Crippen LogP contribution in [0.25, 0.3) is 0 Å². The Morgan fingerprint density at radius 3 is 2.71 bits per heavy atom. The molecule has 0 unspecified atom stereocenters. The molecule has 116 valence electrons. The smallest absolute Gasteiger partial charge is 0.289 e. The van der Waals surface area contributed by atoms with Crippen LogP contribution in [0.2, 0.25) is 5.22 Å². The zero-order valence-corrected chi connectivity index (χ0v) is 13.0. The highest BCUT2D eigenvalue weighted by Crippen LogP contribution is 2.27. The second-order valence-corrected chi connectivity index (χ2v) is 6.07. The number of halogens is 1. The summed E-state index contributed by atoms with van der Waals surface area (Å²) in [6, 6.07) is 3.68. The minimum absolute atomic E-state index is 0.0592. The fourth-order valence-corrected chi connectivity index (χ4v) is 3.48. The van der Waals surface area contributed by atoms with Gasteiger partial charge in [0.1, 0.15) is 0 Å². The van der Waals surface area contributed by atoms with E-state index in [-0.39, 0.29) is 11.1 Å². The molecule has 1 amide bonds. The summed E-state index contributed by atoms with van der Waals surface area (Å²) >= 11 is 5.76. The number of likely N-dealkylation sites (tertiary alicyclic amines) is 1. The molecule has 1 aromatic heterocycles. The van der Waals surface area contributed by atoms with Crippen LogP contribution < -0.4 is 0 Å². The van der Waals surface area contributed by atoms with E-state index in [2.05, 4.69) is 11.8 Å². The fourth-order valence-electron chi connectivity index (χ4n) is 3.33. The third-order valence-corrected chi connectivity index (χ3v) is 4.72. The van der Waals surface area contributed by atoms with Crippen molar-refractivity contribution in [1.29, 1.82) is 0 Å². The first-order valence-corrected chi connectivity index (χ1v) is 7.93. The minimum Gasteiger partial charge on any atom is -0.440 e. The Hall–Kier alpha value is -1.04. The number of hydrogen-bond donors (Lipinski definition) is 0. The first kappa shape index (κ1) is 14.9. The molecule has 5 nitrogen and oxygen atoms in total. The van der Waals surface area contributed by atoms with E-state index in [0.29, 0.717) is 17.7 Å². The standard InChI is InChI=1S/C15H21ClN2O3/c1-2-11-9-18(15(19)13-3-4-14(16)21-13)10-12(11)17-5-7-20-8-6-17/h3-4,11-12H,2,5-10H2,1H3/t11-,12+/m1/s1. The van der Waals surface area contributed by atoms with Gasteiger partial charge in [-0.05, 0) is 29.7 Å². The highest BCUT2D eigenvalue weighted by atomic mass is 35.5. The van der Waals surface area contributed by atoms with Gasteiger partial charge in [-0.3, -0.25) is 9.69 Å². The Morgan fingerprint density at radius 2 is 2.10 bits per heavy atom. The predicted octanol–water partition coefficient (Wildman–Crippen LogP) is 2.12. The summed E-state index contributed by atoms with van der Waals surface area (Å²) in [7, 11) is 0. The molecule has 0 saturated carbocycles. The zero-order valence-electron chi connectivity index (χ0n) is 12.3. The lowest BCUT2D eigenvalue weighted by atomic mass is 9.99. The quantitative estimate of drug-likeness (QED) is 0.857. The molecular formula is C15H21ClN2O3. The maximum Gasteiger partial charge on any atom is 0.289 e. The second kappa shape index (κ2) is 6.38. The number of carbonyl (C=O) groups is 1. The van der Waals surface area contributed by atoms with Crippen LogP contribution in [0.4, 0.5) is 0 Å². The van der Waals surface area contributed by atoms with Crippen molar-refractivity contribution < 1.29 is 13.9 Å². The summed E-state index contributed by atoms with van der Waals surface area (Å²) in [5, 5.41) is 0.259. The van der Waals surface area contributed by atoms with Crippen LogP contribution in [0.15, 0.2) is 16.5 Å². The van der Waals surface area contributed by atoms with Crippen molar-refractivity contribution in [1.82, 2.24) is 9.80 Å². The average molecular weight is 313 g/mol. The van der Waals surface area contributed by atoms with Crippen LogP contribution in [0, 0.1) is 5.92 Å². The molecule has 0 aliphatic carbocycles. The van der Waals surface area contributed by atoms with Crippen LogP contribution in [0.3, 0.4) is 0 Å². The monoisotopic (exact) mass is 312 g/mol. The maximum atomic E-state index is 12.5. The molecular weight excluding hydrogens is 292 g/mol. The number of hydrogen-bond acceptors (Lipinski definition) is 4. The summed E-state index contributed by atoms with van der Waals surface area (Å²) in [5.41, 5.74) is 0. The van der Waals surface area contributed by atoms with Gasteiger partial charge in [0.2, 0.25) is 0 Å².